The van der Waals surface area contributed by atoms with Crippen molar-refractivity contribution in [1.82, 2.24) is 0 Å². The molecule has 0 N–H and O–H groups in total. The van der Waals surface area contributed by atoms with Crippen molar-refractivity contribution >= 4 is 49.4 Å². The van der Waals surface area contributed by atoms with Crippen molar-refractivity contribution in [3.8, 4) is 44.5 Å². The molecule has 6 aliphatic carbocycles. The van der Waals surface area contributed by atoms with Crippen molar-refractivity contribution in [2.45, 2.75) is 46.0 Å². The van der Waals surface area contributed by atoms with E-state index in [0.29, 0.717) is 0 Å². The molecule has 0 spiro atoms. The van der Waals surface area contributed by atoms with Gasteiger partial charge in [-0.05, 0) is 220 Å². The lowest BCUT2D eigenvalue weighted by molar-refractivity contribution is 0.602. The van der Waals surface area contributed by atoms with E-state index in [1.807, 2.05) is 0 Å². The molecule has 0 nitrogen and oxygen atoms in total. The summed E-state index contributed by atoms with van der Waals surface area (Å²) in [7, 11) is 0. The first kappa shape index (κ1) is 50.1. The fraction of sp³-hybridized carbons (Fsp3) is 0.119. The molecular formula is C84H64. The molecule has 0 aromatic heterocycles. The predicted octanol–water partition coefficient (Wildman–Crippen LogP) is 20.3. The third-order valence-electron chi connectivity index (χ3n) is 19.3. The average Bonchev–Trinajstić information content (AvgIpc) is 1.57. The third-order valence-corrected chi connectivity index (χ3v) is 19.3. The van der Waals surface area contributed by atoms with Gasteiger partial charge in [-0.3, -0.25) is 0 Å². The second-order valence-electron chi connectivity index (χ2n) is 24.1. The highest BCUT2D eigenvalue weighted by Crippen LogP contribution is 2.63. The first-order valence-corrected chi connectivity index (χ1v) is 30.4. The normalized spacial score (nSPS) is 18.6. The Morgan fingerprint density at radius 3 is 1.48 bits per heavy atom. The molecule has 0 heterocycles. The van der Waals surface area contributed by atoms with E-state index in [2.05, 4.69) is 287 Å². The molecule has 84 heavy (non-hydrogen) atoms. The molecule has 6 aliphatic rings. The van der Waals surface area contributed by atoms with E-state index in [1.54, 1.807) is 0 Å². The average molecular weight is 1070 g/mol. The molecular weight excluding hydrogens is 1010 g/mol. The van der Waals surface area contributed by atoms with Gasteiger partial charge in [0.15, 0.2) is 0 Å². The second kappa shape index (κ2) is 20.7. The van der Waals surface area contributed by atoms with Crippen LogP contribution in [-0.2, 0) is 0 Å². The van der Waals surface area contributed by atoms with Crippen molar-refractivity contribution in [3.05, 3.63) is 339 Å². The summed E-state index contributed by atoms with van der Waals surface area (Å²) in [6, 6.07) is 82.5. The highest BCUT2D eigenvalue weighted by atomic mass is 14.5. The van der Waals surface area contributed by atoms with Crippen LogP contribution in [0.5, 0.6) is 0 Å². The molecule has 10 aromatic carbocycles. The van der Waals surface area contributed by atoms with Gasteiger partial charge in [0, 0.05) is 17.8 Å². The van der Waals surface area contributed by atoms with Crippen LogP contribution < -0.4 is 10.4 Å². The van der Waals surface area contributed by atoms with Crippen LogP contribution in [0.3, 0.4) is 0 Å². The van der Waals surface area contributed by atoms with Crippen LogP contribution in [-0.4, -0.2) is 0 Å². The maximum atomic E-state index is 2.65. The van der Waals surface area contributed by atoms with E-state index < -0.39 is 0 Å². The summed E-state index contributed by atoms with van der Waals surface area (Å²) >= 11 is 0. The standard InChI is InChI=1S/C84H64/c1-53-23-15-19-35-69(53)80-71-37-21-22-38-72(71)81(70-36-20-16-24-54(70)2)84-74-42-40-62-52-76(68-47-65(57-29-11-5-12-30-57)44-66(48-68)58-31-13-6-14-32-58)78-50-60-34-18-17-33-59(60)49-77(78)75(51-61-39-41-73(83(80)84)82(74)79(61)62)67-45-63(55-25-7-3-8-26-55)43-64(46-67)56-27-9-4-10-28-56/h3-5,7-13,15-47,49-50,68,79,82H,6,14,48,51-52H2,1-2H3. The Kier molecular flexibility index (Phi) is 12.3. The van der Waals surface area contributed by atoms with Gasteiger partial charge in [0.25, 0.3) is 0 Å². The molecule has 3 unspecified atom stereocenters. The smallest absolute Gasteiger partial charge is 0.0205 e. The van der Waals surface area contributed by atoms with Crippen molar-refractivity contribution in [2.24, 2.45) is 17.8 Å². The highest BCUT2D eigenvalue weighted by Gasteiger charge is 2.47. The first-order valence-electron chi connectivity index (χ1n) is 30.4. The van der Waals surface area contributed by atoms with E-state index in [9.17, 15) is 0 Å². The van der Waals surface area contributed by atoms with E-state index in [4.69, 9.17) is 0 Å². The van der Waals surface area contributed by atoms with Gasteiger partial charge in [-0.1, -0.05) is 259 Å². The Morgan fingerprint density at radius 1 is 0.393 bits per heavy atom. The van der Waals surface area contributed by atoms with Gasteiger partial charge in [0.1, 0.15) is 0 Å². The lowest BCUT2D eigenvalue weighted by Gasteiger charge is -2.37. The van der Waals surface area contributed by atoms with Crippen molar-refractivity contribution in [1.29, 1.82) is 0 Å². The summed E-state index contributed by atoms with van der Waals surface area (Å²) in [6.07, 6.45) is 27.5. The summed E-state index contributed by atoms with van der Waals surface area (Å²) in [5.41, 5.74) is 31.0. The van der Waals surface area contributed by atoms with Crippen LogP contribution in [0.4, 0.5) is 0 Å². The topological polar surface area (TPSA) is 0 Å². The first-order chi connectivity index (χ1) is 41.5. The number of fused-ring (bicyclic) bond motifs is 6. The Bertz CT molecular complexity index is 4730. The van der Waals surface area contributed by atoms with Gasteiger partial charge in [-0.2, -0.15) is 0 Å². The molecule has 10 aromatic rings. The molecule has 0 aliphatic heterocycles. The SMILES string of the molecule is Cc1ccccc1-c1c2c(c(-c3ccccc3C)c3ccccc13)C1=CC=C3CC(C4C=C(c5ccccc5)C=C(C5=CCCC=C5)C4)=c4cc5ccccc5cc4=C(c4cc(-c5ccccc5)cc(-c5ccccc5)c4)CC4=CC=C2C1C43. The third kappa shape index (κ3) is 8.49. The molecule has 0 heteroatoms. The van der Waals surface area contributed by atoms with Gasteiger partial charge in [-0.25, -0.2) is 0 Å². The van der Waals surface area contributed by atoms with Gasteiger partial charge >= 0.3 is 0 Å². The van der Waals surface area contributed by atoms with E-state index in [1.165, 1.54) is 160 Å². The van der Waals surface area contributed by atoms with E-state index >= 15 is 0 Å². The molecule has 400 valence electrons. The quantitative estimate of drug-likeness (QED) is 0.142. The minimum Gasteiger partial charge on any atom is -0.0836 e. The molecule has 0 radical (unpaired) electrons. The molecule has 0 amide bonds. The number of rotatable bonds is 8. The largest absolute Gasteiger partial charge is 0.0836 e. The minimum atomic E-state index is 0.120. The fourth-order valence-corrected chi connectivity index (χ4v) is 15.3. The van der Waals surface area contributed by atoms with Crippen LogP contribution in [0.25, 0.3) is 93.9 Å². The van der Waals surface area contributed by atoms with Crippen LogP contribution in [0, 0.1) is 31.6 Å². The summed E-state index contributed by atoms with van der Waals surface area (Å²) < 4.78 is 0. The molecule has 0 saturated heterocycles. The van der Waals surface area contributed by atoms with Gasteiger partial charge in [0.2, 0.25) is 0 Å². The van der Waals surface area contributed by atoms with Gasteiger partial charge < -0.3 is 0 Å². The zero-order valence-electron chi connectivity index (χ0n) is 47.7. The van der Waals surface area contributed by atoms with Gasteiger partial charge in [-0.15, -0.1) is 0 Å². The molecule has 0 bridgehead atoms. The lowest BCUT2D eigenvalue weighted by Crippen LogP contribution is -2.32. The summed E-state index contributed by atoms with van der Waals surface area (Å²) in [4.78, 5) is 0. The van der Waals surface area contributed by atoms with Crippen molar-refractivity contribution < 1.29 is 0 Å². The van der Waals surface area contributed by atoms with Crippen molar-refractivity contribution in [3.63, 3.8) is 0 Å². The Morgan fingerprint density at radius 2 is 0.905 bits per heavy atom. The maximum Gasteiger partial charge on any atom is 0.0205 e. The number of hydrogen-bond donors (Lipinski definition) is 0. The number of aryl methyl sites for hydroxylation is 2. The Balaban J connectivity index is 1.02. The zero-order valence-corrected chi connectivity index (χ0v) is 47.7. The van der Waals surface area contributed by atoms with Crippen LogP contribution in [0.1, 0.15) is 65.5 Å². The predicted molar refractivity (Wildman–Crippen MR) is 356 cm³/mol. The fourth-order valence-electron chi connectivity index (χ4n) is 15.3. The van der Waals surface area contributed by atoms with Crippen molar-refractivity contribution in [2.75, 3.05) is 0 Å². The van der Waals surface area contributed by atoms with E-state index in [-0.39, 0.29) is 17.8 Å². The Hall–Kier alpha value is -9.62. The monoisotopic (exact) mass is 1070 g/mol. The number of benzene rings is 10. The second-order valence-corrected chi connectivity index (χ2v) is 24.1. The maximum absolute atomic E-state index is 2.65. The summed E-state index contributed by atoms with van der Waals surface area (Å²) in [5.74, 6) is 0.361. The lowest BCUT2D eigenvalue weighted by atomic mass is 9.66. The van der Waals surface area contributed by atoms with E-state index in [0.717, 1.165) is 32.1 Å². The molecule has 0 saturated carbocycles. The number of allylic oxidation sites excluding steroid dienone is 16. The summed E-state index contributed by atoms with van der Waals surface area (Å²) in [6.45, 7) is 4.60. The minimum absolute atomic E-state index is 0.120. The highest BCUT2D eigenvalue weighted by molar-refractivity contribution is 6.19. The number of hydrogen-bond acceptors (Lipinski definition) is 0. The van der Waals surface area contributed by atoms with Crippen LogP contribution in [0.2, 0.25) is 0 Å². The molecule has 0 fully saturated rings. The zero-order chi connectivity index (χ0) is 55.8. The summed E-state index contributed by atoms with van der Waals surface area (Å²) in [5, 5.41) is 7.87. The van der Waals surface area contributed by atoms with Gasteiger partial charge in [0.05, 0.1) is 0 Å². The molecule has 16 rings (SSSR count). The Labute approximate surface area is 493 Å². The van der Waals surface area contributed by atoms with Crippen LogP contribution in [0.15, 0.2) is 295 Å². The van der Waals surface area contributed by atoms with Crippen LogP contribution >= 0.6 is 0 Å². The molecule has 3 atom stereocenters.